The van der Waals surface area contributed by atoms with Gasteiger partial charge in [-0.05, 0) is 53.6 Å². The van der Waals surface area contributed by atoms with E-state index in [0.29, 0.717) is 17.7 Å². The van der Waals surface area contributed by atoms with Crippen molar-refractivity contribution in [3.05, 3.63) is 75.4 Å². The van der Waals surface area contributed by atoms with Gasteiger partial charge in [0.2, 0.25) is 0 Å². The van der Waals surface area contributed by atoms with Crippen LogP contribution in [0.25, 0.3) is 6.08 Å². The maximum atomic E-state index is 12.5. The summed E-state index contributed by atoms with van der Waals surface area (Å²) in [5.41, 5.74) is 3.36. The molecule has 2 aromatic rings. The Kier molecular flexibility index (Phi) is 3.59. The number of carbonyl (C=O) groups excluding carboxylic acids is 1. The van der Waals surface area contributed by atoms with Gasteiger partial charge in [-0.15, -0.1) is 0 Å². The van der Waals surface area contributed by atoms with Crippen molar-refractivity contribution < 1.29 is 4.79 Å². The zero-order chi connectivity index (χ0) is 14.8. The summed E-state index contributed by atoms with van der Waals surface area (Å²) in [5, 5.41) is 8.79. The minimum Gasteiger partial charge on any atom is -0.311 e. The molecule has 0 fully saturated rings. The monoisotopic (exact) mass is 338 g/mol. The molecule has 0 radical (unpaired) electrons. The number of hydrogen-bond donors (Lipinski definition) is 0. The molecule has 1 aliphatic heterocycles. The van der Waals surface area contributed by atoms with Gasteiger partial charge in [-0.1, -0.05) is 22.0 Å². The number of nitrogens with zero attached hydrogens (tertiary/aromatic N) is 2. The maximum absolute atomic E-state index is 12.5. The summed E-state index contributed by atoms with van der Waals surface area (Å²) in [5.74, 6) is -0.0682. The van der Waals surface area contributed by atoms with E-state index in [4.69, 9.17) is 5.26 Å². The van der Waals surface area contributed by atoms with Crippen LogP contribution >= 0.6 is 15.9 Å². The minimum absolute atomic E-state index is 0.0682. The maximum Gasteiger partial charge on any atom is 0.258 e. The lowest BCUT2D eigenvalue weighted by Gasteiger charge is -2.24. The minimum atomic E-state index is -0.0682. The van der Waals surface area contributed by atoms with Crippen molar-refractivity contribution in [2.75, 3.05) is 0 Å². The van der Waals surface area contributed by atoms with Crippen LogP contribution in [0.5, 0.6) is 0 Å². The normalized spacial score (nSPS) is 12.7. The van der Waals surface area contributed by atoms with Crippen LogP contribution in [0.1, 0.15) is 27.0 Å². The Labute approximate surface area is 131 Å². The van der Waals surface area contributed by atoms with E-state index < -0.39 is 0 Å². The van der Waals surface area contributed by atoms with E-state index in [1.54, 1.807) is 35.4 Å². The van der Waals surface area contributed by atoms with E-state index in [1.165, 1.54) is 0 Å². The number of halogens is 1. The van der Waals surface area contributed by atoms with Crippen molar-refractivity contribution in [2.24, 2.45) is 0 Å². The van der Waals surface area contributed by atoms with Crippen LogP contribution in [-0.4, -0.2) is 10.8 Å². The summed E-state index contributed by atoms with van der Waals surface area (Å²) in [6.07, 6.45) is 3.74. The van der Waals surface area contributed by atoms with Crippen molar-refractivity contribution >= 4 is 27.9 Å². The number of fused-ring (bicyclic) bond motifs is 1. The fraction of sp³-hybridized carbons (Fsp3) is 0.0588. The SMILES string of the molecule is N#Cc1ccc(C(=O)N2C=Cc3ccc(Br)cc3C2)cc1. The van der Waals surface area contributed by atoms with Crippen LogP contribution in [0.15, 0.2) is 53.1 Å². The second kappa shape index (κ2) is 5.55. The molecule has 3 rings (SSSR count). The van der Waals surface area contributed by atoms with E-state index in [-0.39, 0.29) is 5.91 Å². The summed E-state index contributed by atoms with van der Waals surface area (Å²) in [6, 6.07) is 14.8. The molecule has 1 aliphatic rings. The first-order chi connectivity index (χ1) is 10.2. The summed E-state index contributed by atoms with van der Waals surface area (Å²) in [4.78, 5) is 14.2. The smallest absolute Gasteiger partial charge is 0.258 e. The van der Waals surface area contributed by atoms with Gasteiger partial charge in [0.25, 0.3) is 5.91 Å². The molecule has 102 valence electrons. The Morgan fingerprint density at radius 2 is 1.95 bits per heavy atom. The van der Waals surface area contributed by atoms with Gasteiger partial charge in [-0.3, -0.25) is 4.79 Å². The van der Waals surface area contributed by atoms with E-state index in [9.17, 15) is 4.79 Å². The Bertz CT molecular complexity index is 772. The summed E-state index contributed by atoms with van der Waals surface area (Å²) < 4.78 is 1.00. The molecule has 2 aromatic carbocycles. The molecule has 1 amide bonds. The van der Waals surface area contributed by atoms with Crippen LogP contribution < -0.4 is 0 Å². The lowest BCUT2D eigenvalue weighted by molar-refractivity contribution is 0.0813. The molecule has 0 bridgehead atoms. The molecular weight excluding hydrogens is 328 g/mol. The Hall–Kier alpha value is -2.38. The Balaban J connectivity index is 1.85. The van der Waals surface area contributed by atoms with Gasteiger partial charge in [-0.2, -0.15) is 5.26 Å². The van der Waals surface area contributed by atoms with Crippen molar-refractivity contribution in [1.29, 1.82) is 5.26 Å². The van der Waals surface area contributed by atoms with Crippen molar-refractivity contribution in [3.8, 4) is 6.07 Å². The molecule has 21 heavy (non-hydrogen) atoms. The third-order valence-corrected chi connectivity index (χ3v) is 3.89. The van der Waals surface area contributed by atoms with E-state index in [0.717, 1.165) is 15.6 Å². The first-order valence-corrected chi connectivity index (χ1v) is 7.24. The number of benzene rings is 2. The molecular formula is C17H11BrN2O. The molecule has 0 aliphatic carbocycles. The largest absolute Gasteiger partial charge is 0.311 e. The van der Waals surface area contributed by atoms with Crippen LogP contribution in [-0.2, 0) is 6.54 Å². The zero-order valence-corrected chi connectivity index (χ0v) is 12.7. The summed E-state index contributed by atoms with van der Waals surface area (Å²) in [7, 11) is 0. The van der Waals surface area contributed by atoms with Crippen LogP contribution in [0, 0.1) is 11.3 Å². The highest BCUT2D eigenvalue weighted by Crippen LogP contribution is 2.24. The van der Waals surface area contributed by atoms with E-state index in [2.05, 4.69) is 15.9 Å². The van der Waals surface area contributed by atoms with Crippen molar-refractivity contribution in [3.63, 3.8) is 0 Å². The predicted octanol–water partition coefficient (Wildman–Crippen LogP) is 3.95. The fourth-order valence-electron chi connectivity index (χ4n) is 2.27. The molecule has 0 saturated carbocycles. The molecule has 0 saturated heterocycles. The van der Waals surface area contributed by atoms with E-state index >= 15 is 0 Å². The lowest BCUT2D eigenvalue weighted by atomic mass is 10.0. The van der Waals surface area contributed by atoms with Gasteiger partial charge >= 0.3 is 0 Å². The van der Waals surface area contributed by atoms with Gasteiger partial charge in [0.05, 0.1) is 18.2 Å². The topological polar surface area (TPSA) is 44.1 Å². The highest BCUT2D eigenvalue weighted by atomic mass is 79.9. The van der Waals surface area contributed by atoms with Crippen LogP contribution in [0.2, 0.25) is 0 Å². The quantitative estimate of drug-likeness (QED) is 0.790. The third kappa shape index (κ3) is 2.74. The van der Waals surface area contributed by atoms with Crippen LogP contribution in [0.4, 0.5) is 0 Å². The highest BCUT2D eigenvalue weighted by molar-refractivity contribution is 9.10. The van der Waals surface area contributed by atoms with Gasteiger partial charge in [0, 0.05) is 16.2 Å². The molecule has 0 spiro atoms. The Morgan fingerprint density at radius 1 is 1.19 bits per heavy atom. The highest BCUT2D eigenvalue weighted by Gasteiger charge is 2.18. The first-order valence-electron chi connectivity index (χ1n) is 6.45. The number of nitriles is 1. The van der Waals surface area contributed by atoms with Crippen LogP contribution in [0.3, 0.4) is 0 Å². The average molecular weight is 339 g/mol. The van der Waals surface area contributed by atoms with Gasteiger partial charge < -0.3 is 4.90 Å². The van der Waals surface area contributed by atoms with Crippen molar-refractivity contribution in [1.82, 2.24) is 4.90 Å². The second-order valence-corrected chi connectivity index (χ2v) is 5.70. The number of carbonyl (C=O) groups is 1. The summed E-state index contributed by atoms with van der Waals surface area (Å²) >= 11 is 3.45. The second-order valence-electron chi connectivity index (χ2n) is 4.78. The average Bonchev–Trinajstić information content (AvgIpc) is 2.53. The molecule has 0 atom stereocenters. The fourth-order valence-corrected chi connectivity index (χ4v) is 2.68. The third-order valence-electron chi connectivity index (χ3n) is 3.40. The molecule has 4 heteroatoms. The zero-order valence-electron chi connectivity index (χ0n) is 11.1. The van der Waals surface area contributed by atoms with Gasteiger partial charge in [0.15, 0.2) is 0 Å². The molecule has 0 unspecified atom stereocenters. The standard InChI is InChI=1S/C17H11BrN2O/c18-16-6-5-13-7-8-20(11-15(13)9-16)17(21)14-3-1-12(10-19)2-4-14/h1-9H,11H2. The molecule has 0 aromatic heterocycles. The number of hydrogen-bond acceptors (Lipinski definition) is 2. The van der Waals surface area contributed by atoms with Crippen molar-refractivity contribution in [2.45, 2.75) is 6.54 Å². The molecule has 3 nitrogen and oxygen atoms in total. The predicted molar refractivity (Wildman–Crippen MR) is 84.2 cm³/mol. The molecule has 0 N–H and O–H groups in total. The van der Waals surface area contributed by atoms with Gasteiger partial charge in [0.1, 0.15) is 0 Å². The van der Waals surface area contributed by atoms with Gasteiger partial charge in [-0.25, -0.2) is 0 Å². The number of rotatable bonds is 1. The Morgan fingerprint density at radius 3 is 2.67 bits per heavy atom. The summed E-state index contributed by atoms with van der Waals surface area (Å²) in [6.45, 7) is 0.546. The number of amides is 1. The molecule has 1 heterocycles. The van der Waals surface area contributed by atoms with E-state index in [1.807, 2.05) is 30.3 Å². The first kappa shape index (κ1) is 13.6. The lowest BCUT2D eigenvalue weighted by Crippen LogP contribution is -2.27.